The van der Waals surface area contributed by atoms with Crippen LogP contribution < -0.4 is 20.5 Å². The molecule has 19 heteroatoms. The molecule has 0 aliphatic carbocycles. The largest absolute Gasteiger partial charge is 0.496 e. The van der Waals surface area contributed by atoms with Crippen LogP contribution in [-0.4, -0.2) is 60.3 Å². The number of anilines is 3. The van der Waals surface area contributed by atoms with Gasteiger partial charge in [-0.1, -0.05) is 67.5 Å². The van der Waals surface area contributed by atoms with Crippen LogP contribution in [0.5, 0.6) is 11.5 Å². The third-order valence-corrected chi connectivity index (χ3v) is 11.4. The molecular formula is C50H53F6IN6O6. The Morgan fingerprint density at radius 2 is 0.913 bits per heavy atom. The molecule has 368 valence electrons. The zero-order valence-corrected chi connectivity index (χ0v) is 42.2. The Kier molecular flexibility index (Phi) is 19.3. The fraction of sp³-hybridized carbons (Fsp3) is 0.320. The highest BCUT2D eigenvalue weighted by Crippen LogP contribution is 2.43. The molecule has 69 heavy (non-hydrogen) atoms. The smallest absolute Gasteiger partial charge is 0.340 e. The quantitative estimate of drug-likeness (QED) is 0.0517. The summed E-state index contributed by atoms with van der Waals surface area (Å²) in [6.07, 6.45) is 3.01. The summed E-state index contributed by atoms with van der Waals surface area (Å²) in [6, 6.07) is 9.26. The molecule has 0 saturated heterocycles. The van der Waals surface area contributed by atoms with Crippen LogP contribution in [-0.2, 0) is 9.47 Å². The van der Waals surface area contributed by atoms with Gasteiger partial charge in [0.1, 0.15) is 53.2 Å². The topological polar surface area (TPSA) is 161 Å². The lowest BCUT2D eigenvalue weighted by molar-refractivity contribution is 0.0590. The number of nitrogens with two attached hydrogens (primary N) is 1. The maximum atomic E-state index is 16.1. The minimum Gasteiger partial charge on any atom is -0.496 e. The minimum absolute atomic E-state index is 0.0144. The number of methoxy groups -OCH3 is 4. The summed E-state index contributed by atoms with van der Waals surface area (Å²) >= 11 is 1.54. The Balaban J connectivity index is 0.000000252. The second-order valence-corrected chi connectivity index (χ2v) is 17.4. The summed E-state index contributed by atoms with van der Waals surface area (Å²) in [5, 5.41) is 2.92. The van der Waals surface area contributed by atoms with Gasteiger partial charge in [-0.25, -0.2) is 55.9 Å². The Hall–Kier alpha value is -6.51. The molecule has 6 aromatic rings. The molecule has 4 aromatic carbocycles. The van der Waals surface area contributed by atoms with Gasteiger partial charge >= 0.3 is 11.9 Å². The van der Waals surface area contributed by atoms with E-state index in [1.807, 2.05) is 27.7 Å². The summed E-state index contributed by atoms with van der Waals surface area (Å²) in [5.74, 6) is -7.56. The number of aromatic nitrogens is 4. The van der Waals surface area contributed by atoms with Gasteiger partial charge in [0, 0.05) is 0 Å². The Morgan fingerprint density at radius 1 is 0.536 bits per heavy atom. The Bertz CT molecular complexity index is 2780. The van der Waals surface area contributed by atoms with Gasteiger partial charge in [0.05, 0.1) is 105 Å². The zero-order valence-electron chi connectivity index (χ0n) is 40.0. The van der Waals surface area contributed by atoms with E-state index in [4.69, 9.17) is 19.9 Å². The molecular weight excluding hydrogens is 1020 g/mol. The number of halogens is 7. The molecule has 0 saturated carbocycles. The van der Waals surface area contributed by atoms with Crippen molar-refractivity contribution in [2.24, 2.45) is 0 Å². The number of nitrogen functional groups attached to an aromatic ring is 1. The van der Waals surface area contributed by atoms with E-state index < -0.39 is 69.1 Å². The van der Waals surface area contributed by atoms with E-state index in [9.17, 15) is 27.2 Å². The number of carbonyl (C=O) groups excluding carboxylic acids is 2. The van der Waals surface area contributed by atoms with Crippen LogP contribution in [0.1, 0.15) is 123 Å². The van der Waals surface area contributed by atoms with E-state index in [1.54, 1.807) is 28.9 Å². The average Bonchev–Trinajstić information content (AvgIpc) is 3.31. The molecule has 0 spiro atoms. The predicted molar refractivity (Wildman–Crippen MR) is 260 cm³/mol. The molecule has 3 N–H and O–H groups in total. The highest BCUT2D eigenvalue weighted by molar-refractivity contribution is 14.1. The second-order valence-electron chi connectivity index (χ2n) is 16.3. The molecule has 2 aromatic heterocycles. The number of nitrogens with one attached hydrogen (secondary N) is 1. The maximum absolute atomic E-state index is 16.1. The third-order valence-electron chi connectivity index (χ3n) is 10.4. The van der Waals surface area contributed by atoms with Crippen molar-refractivity contribution in [2.75, 3.05) is 39.5 Å². The van der Waals surface area contributed by atoms with Crippen LogP contribution in [0.15, 0.2) is 61.2 Å². The Morgan fingerprint density at radius 3 is 1.30 bits per heavy atom. The lowest BCUT2D eigenvalue weighted by atomic mass is 9.97. The first kappa shape index (κ1) is 55.1. The zero-order chi connectivity index (χ0) is 51.6. The standard InChI is InChI=1S/C25H26F3N3O3.C15H10F3IO3.C10H17N3/c1-12(2)21-24(22(13(3)4)30-11-29-21)31-23-14(25(32)34-6)10-16(27)19(20(23)28)18-15(26)8-7-9-17(18)33-5;1-21-10-5-3-4-8(16)11(10)12-9(17)6-7(15(20)22-2)14(19)13(12)18;1-6(2)9-8(11)10(7(3)4)13-5-12-9/h7-13,31H,1-6H3;3-6H,1-2H3;5-7H,11H2,1-4H3. The molecule has 0 fully saturated rings. The van der Waals surface area contributed by atoms with Crippen LogP contribution >= 0.6 is 22.6 Å². The average molecular weight is 1070 g/mol. The first-order valence-electron chi connectivity index (χ1n) is 21.3. The molecule has 0 amide bonds. The van der Waals surface area contributed by atoms with Crippen LogP contribution in [0.3, 0.4) is 0 Å². The molecule has 0 radical (unpaired) electrons. The number of rotatable bonds is 12. The van der Waals surface area contributed by atoms with Gasteiger partial charge in [0.25, 0.3) is 0 Å². The van der Waals surface area contributed by atoms with Crippen molar-refractivity contribution in [3.63, 3.8) is 0 Å². The number of hydrogen-bond donors (Lipinski definition) is 2. The van der Waals surface area contributed by atoms with Crippen LogP contribution in [0.25, 0.3) is 22.3 Å². The van der Waals surface area contributed by atoms with Crippen molar-refractivity contribution in [3.8, 4) is 33.8 Å². The molecule has 0 unspecified atom stereocenters. The van der Waals surface area contributed by atoms with Crippen LogP contribution in [0.2, 0.25) is 0 Å². The van der Waals surface area contributed by atoms with Gasteiger partial charge in [-0.2, -0.15) is 0 Å². The SMILES string of the molecule is CC(C)c1ncnc(C(C)C)c1N.COC(=O)c1cc(F)c(-c2c(F)cccc2OC)c(F)c1I.COC(=O)c1cc(F)c(-c2c(F)cccc2OC)c(F)c1Nc1c(C(C)C)ncnc1C(C)C. The molecule has 0 aliphatic rings. The van der Waals surface area contributed by atoms with Crippen LogP contribution in [0, 0.1) is 38.5 Å². The number of esters is 2. The van der Waals surface area contributed by atoms with Gasteiger partial charge in [-0.05, 0) is 82.7 Å². The van der Waals surface area contributed by atoms with Crippen molar-refractivity contribution in [2.45, 2.75) is 79.1 Å². The number of hydrogen-bond acceptors (Lipinski definition) is 12. The summed E-state index contributed by atoms with van der Waals surface area (Å²) in [7, 11) is 4.73. The highest BCUT2D eigenvalue weighted by Gasteiger charge is 2.30. The van der Waals surface area contributed by atoms with Gasteiger partial charge < -0.3 is 30.0 Å². The monoisotopic (exact) mass is 1070 g/mol. The number of ether oxygens (including phenoxy) is 4. The van der Waals surface area contributed by atoms with Gasteiger partial charge in [0.2, 0.25) is 0 Å². The molecule has 12 nitrogen and oxygen atoms in total. The van der Waals surface area contributed by atoms with Gasteiger partial charge in [-0.15, -0.1) is 0 Å². The van der Waals surface area contributed by atoms with E-state index in [0.29, 0.717) is 28.9 Å². The number of carbonyl (C=O) groups is 2. The second kappa shape index (κ2) is 24.2. The predicted octanol–water partition coefficient (Wildman–Crippen LogP) is 12.8. The lowest BCUT2D eigenvalue weighted by Crippen LogP contribution is -2.14. The molecule has 6 rings (SSSR count). The maximum Gasteiger partial charge on any atom is 0.340 e. The molecule has 0 aliphatic heterocycles. The third kappa shape index (κ3) is 12.2. The van der Waals surface area contributed by atoms with Crippen molar-refractivity contribution in [1.29, 1.82) is 0 Å². The summed E-state index contributed by atoms with van der Waals surface area (Å²) in [6.45, 7) is 15.9. The molecule has 0 atom stereocenters. The van der Waals surface area contributed by atoms with Crippen molar-refractivity contribution >= 4 is 51.6 Å². The number of nitrogens with zero attached hydrogens (tertiary/aromatic N) is 4. The Labute approximate surface area is 410 Å². The van der Waals surface area contributed by atoms with Crippen LogP contribution in [0.4, 0.5) is 43.4 Å². The van der Waals surface area contributed by atoms with E-state index in [-0.39, 0.29) is 43.7 Å². The normalized spacial score (nSPS) is 10.9. The first-order chi connectivity index (χ1) is 32.6. The summed E-state index contributed by atoms with van der Waals surface area (Å²) < 4.78 is 108. The van der Waals surface area contributed by atoms with E-state index in [2.05, 4.69) is 57.7 Å². The highest BCUT2D eigenvalue weighted by atomic mass is 127. The van der Waals surface area contributed by atoms with Crippen molar-refractivity contribution in [3.05, 3.63) is 134 Å². The van der Waals surface area contributed by atoms with E-state index in [1.165, 1.54) is 44.8 Å². The summed E-state index contributed by atoms with van der Waals surface area (Å²) in [4.78, 5) is 41.0. The van der Waals surface area contributed by atoms with Crippen molar-refractivity contribution in [1.82, 2.24) is 19.9 Å². The van der Waals surface area contributed by atoms with E-state index >= 15 is 8.78 Å². The fourth-order valence-corrected chi connectivity index (χ4v) is 7.69. The van der Waals surface area contributed by atoms with E-state index in [0.717, 1.165) is 55.6 Å². The molecule has 0 bridgehead atoms. The summed E-state index contributed by atoms with van der Waals surface area (Å²) in [5.41, 5.74) is 7.10. The number of benzene rings is 4. The van der Waals surface area contributed by atoms with Gasteiger partial charge in [-0.3, -0.25) is 0 Å². The fourth-order valence-electron chi connectivity index (χ4n) is 7.04. The minimum atomic E-state index is -1.18. The first-order valence-corrected chi connectivity index (χ1v) is 22.4. The van der Waals surface area contributed by atoms with Gasteiger partial charge in [0.15, 0.2) is 5.82 Å². The lowest BCUT2D eigenvalue weighted by Gasteiger charge is -2.22. The molecule has 2 heterocycles. The van der Waals surface area contributed by atoms with Crippen molar-refractivity contribution < 1.29 is 54.9 Å².